The van der Waals surface area contributed by atoms with Crippen molar-refractivity contribution in [1.29, 1.82) is 0 Å². The van der Waals surface area contributed by atoms with E-state index < -0.39 is 12.2 Å². The van der Waals surface area contributed by atoms with Crippen molar-refractivity contribution in [2.24, 2.45) is 0 Å². The highest BCUT2D eigenvalue weighted by Crippen LogP contribution is 2.31. The minimum absolute atomic E-state index is 0.0162. The van der Waals surface area contributed by atoms with Crippen molar-refractivity contribution in [2.45, 2.75) is 18.6 Å². The Kier molecular flexibility index (Phi) is 5.84. The summed E-state index contributed by atoms with van der Waals surface area (Å²) in [7, 11) is 0. The molecule has 2 atom stereocenters. The number of phenolic OH excluding ortho intramolecular Hbond substituents is 1. The second-order valence-electron chi connectivity index (χ2n) is 4.63. The van der Waals surface area contributed by atoms with Gasteiger partial charge in [-0.3, -0.25) is 0 Å². The number of hydrogen-bond donors (Lipinski definition) is 3. The summed E-state index contributed by atoms with van der Waals surface area (Å²) in [6.45, 7) is -0.112. The molecular weight excluding hydrogens is 383 g/mol. The van der Waals surface area contributed by atoms with Crippen LogP contribution in [0.25, 0.3) is 0 Å². The molecular formula is C16H17IO4. The average Bonchev–Trinajstić information content (AvgIpc) is 2.49. The highest BCUT2D eigenvalue weighted by molar-refractivity contribution is 14.1. The standard InChI is InChI=1S/C16H17IO4/c17-11-6-7-14(19)13(10-11)16(20)15(8-9-18)21-12-4-2-1-3-5-12/h1-7,10,15-16,18-20H,8-9H2/t15-,16-/m1/s1. The van der Waals surface area contributed by atoms with Crippen LogP contribution in [0.3, 0.4) is 0 Å². The quantitative estimate of drug-likeness (QED) is 0.653. The van der Waals surface area contributed by atoms with Crippen LogP contribution in [0.15, 0.2) is 48.5 Å². The minimum atomic E-state index is -1.02. The molecule has 21 heavy (non-hydrogen) atoms. The number of aliphatic hydroxyl groups excluding tert-OH is 2. The first-order chi connectivity index (χ1) is 10.1. The smallest absolute Gasteiger partial charge is 0.131 e. The highest BCUT2D eigenvalue weighted by Gasteiger charge is 2.25. The van der Waals surface area contributed by atoms with Gasteiger partial charge in [0.2, 0.25) is 0 Å². The lowest BCUT2D eigenvalue weighted by atomic mass is 10.0. The molecule has 0 aliphatic carbocycles. The van der Waals surface area contributed by atoms with E-state index in [4.69, 9.17) is 4.74 Å². The Morgan fingerprint density at radius 3 is 2.48 bits per heavy atom. The normalized spacial score (nSPS) is 13.7. The van der Waals surface area contributed by atoms with Gasteiger partial charge < -0.3 is 20.1 Å². The van der Waals surface area contributed by atoms with Gasteiger partial charge in [0, 0.05) is 22.2 Å². The lowest BCUT2D eigenvalue weighted by Crippen LogP contribution is -2.26. The van der Waals surface area contributed by atoms with Gasteiger partial charge in [-0.2, -0.15) is 0 Å². The van der Waals surface area contributed by atoms with E-state index in [-0.39, 0.29) is 18.8 Å². The SMILES string of the molecule is OCC[C@@H](Oc1ccccc1)[C@H](O)c1cc(I)ccc1O. The summed E-state index contributed by atoms with van der Waals surface area (Å²) in [6, 6.07) is 14.1. The van der Waals surface area contributed by atoms with E-state index in [1.165, 1.54) is 0 Å². The number of hydrogen-bond acceptors (Lipinski definition) is 4. The van der Waals surface area contributed by atoms with Crippen molar-refractivity contribution in [3.63, 3.8) is 0 Å². The van der Waals surface area contributed by atoms with Crippen LogP contribution in [-0.2, 0) is 0 Å². The molecule has 0 amide bonds. The summed E-state index contributed by atoms with van der Waals surface area (Å²) in [6.07, 6.45) is -1.39. The molecule has 0 saturated carbocycles. The number of ether oxygens (including phenoxy) is 1. The third kappa shape index (κ3) is 4.33. The molecule has 3 N–H and O–H groups in total. The number of aromatic hydroxyl groups is 1. The summed E-state index contributed by atoms with van der Waals surface area (Å²) in [5, 5.41) is 29.6. The van der Waals surface area contributed by atoms with Gasteiger partial charge in [0.1, 0.15) is 23.7 Å². The summed E-state index contributed by atoms with van der Waals surface area (Å²) < 4.78 is 6.65. The zero-order valence-corrected chi connectivity index (χ0v) is 13.5. The van der Waals surface area contributed by atoms with Crippen molar-refractivity contribution in [1.82, 2.24) is 0 Å². The third-order valence-corrected chi connectivity index (χ3v) is 3.78. The first kappa shape index (κ1) is 16.1. The average molecular weight is 400 g/mol. The van der Waals surface area contributed by atoms with Gasteiger partial charge in [0.15, 0.2) is 0 Å². The molecule has 0 heterocycles. The Labute approximate surface area is 137 Å². The molecule has 0 fully saturated rings. The van der Waals surface area contributed by atoms with Crippen molar-refractivity contribution in [2.75, 3.05) is 6.61 Å². The lowest BCUT2D eigenvalue weighted by molar-refractivity contribution is 0.0191. The molecule has 0 radical (unpaired) electrons. The fourth-order valence-corrected chi connectivity index (χ4v) is 2.56. The molecule has 2 aromatic rings. The predicted octanol–water partition coefficient (Wildman–Crippen LogP) is 2.86. The van der Waals surface area contributed by atoms with E-state index in [1.807, 2.05) is 18.2 Å². The summed E-state index contributed by atoms with van der Waals surface area (Å²) in [5.74, 6) is 0.627. The van der Waals surface area contributed by atoms with Gasteiger partial charge in [-0.25, -0.2) is 0 Å². The fourth-order valence-electron chi connectivity index (χ4n) is 2.04. The van der Waals surface area contributed by atoms with Crippen LogP contribution in [0.4, 0.5) is 0 Å². The highest BCUT2D eigenvalue weighted by atomic mass is 127. The Morgan fingerprint density at radius 2 is 1.81 bits per heavy atom. The van der Waals surface area contributed by atoms with E-state index in [9.17, 15) is 15.3 Å². The van der Waals surface area contributed by atoms with Crippen LogP contribution < -0.4 is 4.74 Å². The molecule has 112 valence electrons. The second kappa shape index (κ2) is 7.63. The van der Waals surface area contributed by atoms with Gasteiger partial charge in [0.25, 0.3) is 0 Å². The number of rotatable bonds is 6. The number of para-hydroxylation sites is 1. The zero-order valence-electron chi connectivity index (χ0n) is 11.3. The topological polar surface area (TPSA) is 69.9 Å². The number of benzene rings is 2. The van der Waals surface area contributed by atoms with Crippen LogP contribution in [0.5, 0.6) is 11.5 Å². The second-order valence-corrected chi connectivity index (χ2v) is 5.88. The summed E-state index contributed by atoms with van der Waals surface area (Å²) in [4.78, 5) is 0. The fraction of sp³-hybridized carbons (Fsp3) is 0.250. The van der Waals surface area contributed by atoms with Crippen LogP contribution in [0, 0.1) is 3.57 Å². The minimum Gasteiger partial charge on any atom is -0.508 e. The van der Waals surface area contributed by atoms with Gasteiger partial charge >= 0.3 is 0 Å². The Hall–Kier alpha value is -1.31. The molecule has 0 unspecified atom stereocenters. The van der Waals surface area contributed by atoms with Crippen molar-refractivity contribution in [3.05, 3.63) is 57.7 Å². The van der Waals surface area contributed by atoms with Crippen LogP contribution in [-0.4, -0.2) is 28.0 Å². The Bertz CT molecular complexity index is 574. The van der Waals surface area contributed by atoms with Crippen LogP contribution >= 0.6 is 22.6 Å². The summed E-state index contributed by atoms with van der Waals surface area (Å²) in [5.41, 5.74) is 0.399. The first-order valence-corrected chi connectivity index (χ1v) is 7.68. The molecule has 0 aliphatic heterocycles. The maximum Gasteiger partial charge on any atom is 0.131 e. The molecule has 4 nitrogen and oxygen atoms in total. The van der Waals surface area contributed by atoms with E-state index >= 15 is 0 Å². The van der Waals surface area contributed by atoms with Crippen molar-refractivity contribution in [3.8, 4) is 11.5 Å². The van der Waals surface area contributed by atoms with E-state index in [0.717, 1.165) is 3.57 Å². The lowest BCUT2D eigenvalue weighted by Gasteiger charge is -2.24. The van der Waals surface area contributed by atoms with Crippen LogP contribution in [0.2, 0.25) is 0 Å². The van der Waals surface area contributed by atoms with Gasteiger partial charge in [-0.1, -0.05) is 18.2 Å². The van der Waals surface area contributed by atoms with Crippen LogP contribution in [0.1, 0.15) is 18.1 Å². The number of aliphatic hydroxyl groups is 2. The summed E-state index contributed by atoms with van der Waals surface area (Å²) >= 11 is 2.11. The zero-order chi connectivity index (χ0) is 15.2. The van der Waals surface area contributed by atoms with Gasteiger partial charge in [-0.05, 0) is 52.9 Å². The third-order valence-electron chi connectivity index (χ3n) is 3.10. The Morgan fingerprint density at radius 1 is 1.10 bits per heavy atom. The molecule has 0 bridgehead atoms. The largest absolute Gasteiger partial charge is 0.508 e. The molecule has 2 rings (SSSR count). The maximum atomic E-state index is 10.5. The molecule has 0 spiro atoms. The molecule has 5 heteroatoms. The predicted molar refractivity (Wildman–Crippen MR) is 88.3 cm³/mol. The molecule has 2 aromatic carbocycles. The monoisotopic (exact) mass is 400 g/mol. The van der Waals surface area contributed by atoms with Crippen molar-refractivity contribution >= 4 is 22.6 Å². The van der Waals surface area contributed by atoms with E-state index in [0.29, 0.717) is 11.3 Å². The number of phenols is 1. The van der Waals surface area contributed by atoms with Crippen molar-refractivity contribution < 1.29 is 20.1 Å². The molecule has 0 saturated heterocycles. The Balaban J connectivity index is 2.22. The van der Waals surface area contributed by atoms with Gasteiger partial charge in [-0.15, -0.1) is 0 Å². The maximum absolute atomic E-state index is 10.5. The first-order valence-electron chi connectivity index (χ1n) is 6.61. The number of halogens is 1. The van der Waals surface area contributed by atoms with E-state index in [2.05, 4.69) is 22.6 Å². The van der Waals surface area contributed by atoms with E-state index in [1.54, 1.807) is 30.3 Å². The molecule has 0 aliphatic rings. The molecule has 0 aromatic heterocycles. The van der Waals surface area contributed by atoms with Gasteiger partial charge in [0.05, 0.1) is 0 Å².